The van der Waals surface area contributed by atoms with E-state index in [-0.39, 0.29) is 0 Å². The summed E-state index contributed by atoms with van der Waals surface area (Å²) in [5, 5.41) is 0.729. The van der Waals surface area contributed by atoms with Crippen LogP contribution in [0, 0.1) is 11.6 Å². The first-order valence-electron chi connectivity index (χ1n) is 5.45. The van der Waals surface area contributed by atoms with Crippen LogP contribution in [0.15, 0.2) is 35.9 Å². The molecule has 7 heteroatoms. The third kappa shape index (κ3) is 2.41. The summed E-state index contributed by atoms with van der Waals surface area (Å²) in [6.45, 7) is 0. The van der Waals surface area contributed by atoms with E-state index in [2.05, 4.69) is 19.9 Å². The van der Waals surface area contributed by atoms with Gasteiger partial charge in [-0.25, -0.2) is 23.7 Å². The normalized spacial score (nSPS) is 11.1. The van der Waals surface area contributed by atoms with Crippen LogP contribution in [0.2, 0.25) is 0 Å². The van der Waals surface area contributed by atoms with E-state index in [1.54, 1.807) is 12.4 Å². The standard InChI is InChI=1S/C12H8F2N4S/c13-8-2-1-7(3-9(8)14)4-19-12-10-11(16-5-15-10)17-6-18-12/h1-3,5-6H,4H2,(H,15,16,17,18). The maximum atomic E-state index is 13.1. The summed E-state index contributed by atoms with van der Waals surface area (Å²) in [4.78, 5) is 15.1. The van der Waals surface area contributed by atoms with Crippen LogP contribution in [0.1, 0.15) is 5.56 Å². The lowest BCUT2D eigenvalue weighted by Crippen LogP contribution is -1.90. The average Bonchev–Trinajstić information content (AvgIpc) is 2.89. The van der Waals surface area contributed by atoms with E-state index in [1.165, 1.54) is 24.2 Å². The molecule has 96 valence electrons. The average molecular weight is 278 g/mol. The zero-order valence-corrected chi connectivity index (χ0v) is 10.4. The number of nitrogens with zero attached hydrogens (tertiary/aromatic N) is 3. The van der Waals surface area contributed by atoms with E-state index in [0.717, 1.165) is 16.6 Å². The van der Waals surface area contributed by atoms with Gasteiger partial charge < -0.3 is 4.98 Å². The van der Waals surface area contributed by atoms with E-state index in [0.29, 0.717) is 17.0 Å². The summed E-state index contributed by atoms with van der Waals surface area (Å²) in [6, 6.07) is 3.86. The van der Waals surface area contributed by atoms with E-state index in [1.807, 2.05) is 0 Å². The van der Waals surface area contributed by atoms with Gasteiger partial charge in [0.25, 0.3) is 0 Å². The van der Waals surface area contributed by atoms with E-state index >= 15 is 0 Å². The van der Waals surface area contributed by atoms with Crippen LogP contribution in [0.3, 0.4) is 0 Å². The van der Waals surface area contributed by atoms with Crippen LogP contribution in [0.25, 0.3) is 11.2 Å². The van der Waals surface area contributed by atoms with Gasteiger partial charge in [0.1, 0.15) is 16.9 Å². The summed E-state index contributed by atoms with van der Waals surface area (Å²) in [6.07, 6.45) is 2.97. The molecular formula is C12H8F2N4S. The van der Waals surface area contributed by atoms with Gasteiger partial charge in [-0.3, -0.25) is 0 Å². The second-order valence-corrected chi connectivity index (χ2v) is 4.78. The molecule has 0 unspecified atom stereocenters. The quantitative estimate of drug-likeness (QED) is 0.591. The van der Waals surface area contributed by atoms with Crippen LogP contribution in [0.4, 0.5) is 8.78 Å². The summed E-state index contributed by atoms with van der Waals surface area (Å²) < 4.78 is 25.9. The molecule has 0 saturated heterocycles. The molecule has 0 aliphatic heterocycles. The largest absolute Gasteiger partial charge is 0.341 e. The second-order valence-electron chi connectivity index (χ2n) is 3.82. The van der Waals surface area contributed by atoms with Crippen molar-refractivity contribution in [2.75, 3.05) is 0 Å². The van der Waals surface area contributed by atoms with Crippen molar-refractivity contribution in [2.45, 2.75) is 10.8 Å². The van der Waals surface area contributed by atoms with Gasteiger partial charge in [0.15, 0.2) is 17.3 Å². The molecule has 2 aromatic heterocycles. The highest BCUT2D eigenvalue weighted by molar-refractivity contribution is 7.98. The first-order valence-corrected chi connectivity index (χ1v) is 6.43. The lowest BCUT2D eigenvalue weighted by molar-refractivity contribution is 0.507. The van der Waals surface area contributed by atoms with Crippen molar-refractivity contribution in [1.29, 1.82) is 0 Å². The Morgan fingerprint density at radius 1 is 1.11 bits per heavy atom. The Kier molecular flexibility index (Phi) is 3.12. The fourth-order valence-corrected chi connectivity index (χ4v) is 2.53. The number of halogens is 2. The van der Waals surface area contributed by atoms with Gasteiger partial charge in [0, 0.05) is 5.75 Å². The van der Waals surface area contributed by atoms with Gasteiger partial charge in [-0.2, -0.15) is 0 Å². The minimum atomic E-state index is -0.841. The SMILES string of the molecule is Fc1ccc(CSc2ncnc3nc[nH]c23)cc1F. The first-order chi connectivity index (χ1) is 9.24. The molecule has 4 nitrogen and oxygen atoms in total. The summed E-state index contributed by atoms with van der Waals surface area (Å²) >= 11 is 1.41. The summed E-state index contributed by atoms with van der Waals surface area (Å²) in [5.74, 6) is -1.19. The molecule has 2 heterocycles. The molecule has 3 aromatic rings. The predicted octanol–water partition coefficient (Wildman–Crippen LogP) is 2.92. The third-order valence-corrected chi connectivity index (χ3v) is 3.61. The highest BCUT2D eigenvalue weighted by Crippen LogP contribution is 2.25. The number of aromatic amines is 1. The molecule has 0 amide bonds. The van der Waals surface area contributed by atoms with Gasteiger partial charge in [0.2, 0.25) is 0 Å². The number of imidazole rings is 1. The molecular weight excluding hydrogens is 270 g/mol. The van der Waals surface area contributed by atoms with Crippen molar-refractivity contribution in [3.05, 3.63) is 48.1 Å². The third-order valence-electron chi connectivity index (χ3n) is 2.55. The van der Waals surface area contributed by atoms with E-state index in [4.69, 9.17) is 0 Å². The van der Waals surface area contributed by atoms with Gasteiger partial charge in [-0.05, 0) is 17.7 Å². The number of thioether (sulfide) groups is 1. The lowest BCUT2D eigenvalue weighted by Gasteiger charge is -2.02. The zero-order valence-electron chi connectivity index (χ0n) is 9.60. The molecule has 0 aliphatic carbocycles. The Hall–Kier alpha value is -2.02. The second kappa shape index (κ2) is 4.93. The Morgan fingerprint density at radius 3 is 2.84 bits per heavy atom. The monoisotopic (exact) mass is 278 g/mol. The summed E-state index contributed by atoms with van der Waals surface area (Å²) in [5.41, 5.74) is 2.02. The van der Waals surface area contributed by atoms with Crippen molar-refractivity contribution in [2.24, 2.45) is 0 Å². The maximum absolute atomic E-state index is 13.1. The molecule has 1 N–H and O–H groups in total. The molecule has 0 aliphatic rings. The molecule has 0 spiro atoms. The van der Waals surface area contributed by atoms with Crippen molar-refractivity contribution < 1.29 is 8.78 Å². The molecule has 0 radical (unpaired) electrons. The highest BCUT2D eigenvalue weighted by atomic mass is 32.2. The minimum absolute atomic E-state index is 0.488. The van der Waals surface area contributed by atoms with Crippen LogP contribution >= 0.6 is 11.8 Å². The van der Waals surface area contributed by atoms with Crippen molar-refractivity contribution in [1.82, 2.24) is 19.9 Å². The molecule has 3 rings (SSSR count). The number of aromatic nitrogens is 4. The first kappa shape index (κ1) is 12.0. The van der Waals surface area contributed by atoms with Gasteiger partial charge in [-0.1, -0.05) is 17.8 Å². The number of benzene rings is 1. The zero-order chi connectivity index (χ0) is 13.2. The van der Waals surface area contributed by atoms with Crippen molar-refractivity contribution >= 4 is 22.9 Å². The maximum Gasteiger partial charge on any atom is 0.181 e. The highest BCUT2D eigenvalue weighted by Gasteiger charge is 2.08. The van der Waals surface area contributed by atoms with Crippen molar-refractivity contribution in [3.8, 4) is 0 Å². The molecule has 0 atom stereocenters. The van der Waals surface area contributed by atoms with Crippen LogP contribution in [0.5, 0.6) is 0 Å². The summed E-state index contributed by atoms with van der Waals surface area (Å²) in [7, 11) is 0. The number of hydrogen-bond donors (Lipinski definition) is 1. The van der Waals surface area contributed by atoms with Gasteiger partial charge in [0.05, 0.1) is 6.33 Å². The lowest BCUT2D eigenvalue weighted by atomic mass is 10.2. The van der Waals surface area contributed by atoms with E-state index < -0.39 is 11.6 Å². The topological polar surface area (TPSA) is 54.5 Å². The Morgan fingerprint density at radius 2 is 2.00 bits per heavy atom. The van der Waals surface area contributed by atoms with Crippen molar-refractivity contribution in [3.63, 3.8) is 0 Å². The molecule has 0 saturated carbocycles. The Balaban J connectivity index is 1.82. The molecule has 0 bridgehead atoms. The molecule has 1 aromatic carbocycles. The Labute approximate surface area is 111 Å². The fraction of sp³-hybridized carbons (Fsp3) is 0.0833. The van der Waals surface area contributed by atoms with Crippen LogP contribution in [-0.4, -0.2) is 19.9 Å². The predicted molar refractivity (Wildman–Crippen MR) is 67.6 cm³/mol. The van der Waals surface area contributed by atoms with E-state index in [9.17, 15) is 8.78 Å². The molecule has 0 fully saturated rings. The minimum Gasteiger partial charge on any atom is -0.341 e. The van der Waals surface area contributed by atoms with Crippen LogP contribution in [-0.2, 0) is 5.75 Å². The number of rotatable bonds is 3. The number of nitrogens with one attached hydrogen (secondary N) is 1. The van der Waals surface area contributed by atoms with Gasteiger partial charge >= 0.3 is 0 Å². The fourth-order valence-electron chi connectivity index (χ4n) is 1.63. The van der Waals surface area contributed by atoms with Crippen LogP contribution < -0.4 is 0 Å². The number of hydrogen-bond acceptors (Lipinski definition) is 4. The number of fused-ring (bicyclic) bond motifs is 1. The number of H-pyrrole nitrogens is 1. The molecule has 19 heavy (non-hydrogen) atoms. The Bertz CT molecular complexity index is 729. The smallest absolute Gasteiger partial charge is 0.181 e. The van der Waals surface area contributed by atoms with Gasteiger partial charge in [-0.15, -0.1) is 0 Å².